The maximum absolute atomic E-state index is 12.5. The molecule has 0 aliphatic rings. The molecular weight excluding hydrogens is 390 g/mol. The molecule has 2 aromatic carbocycles. The van der Waals surface area contributed by atoms with Crippen molar-refractivity contribution < 1.29 is 9.59 Å². The number of nitrogens with one attached hydrogen (secondary N) is 2. The highest BCUT2D eigenvalue weighted by Gasteiger charge is 2.09. The standard InChI is InChI=1S/C21H21N3O2S2/c1-3-22-19(25)17-5-4-6-18(11-17)24-20(26)16-9-7-15(8-10-16)13-28-21-23-14(2)12-27-21/h4-12H,3,13H2,1-2H3,(H,22,25)(H,24,26). The van der Waals surface area contributed by atoms with Crippen LogP contribution in [0.15, 0.2) is 58.3 Å². The number of carbonyl (C=O) groups excluding carboxylic acids is 2. The predicted molar refractivity (Wildman–Crippen MR) is 115 cm³/mol. The zero-order valence-corrected chi connectivity index (χ0v) is 17.3. The van der Waals surface area contributed by atoms with Gasteiger partial charge in [-0.2, -0.15) is 0 Å². The van der Waals surface area contributed by atoms with Crippen molar-refractivity contribution >= 4 is 40.6 Å². The van der Waals surface area contributed by atoms with Gasteiger partial charge in [0.05, 0.1) is 0 Å². The van der Waals surface area contributed by atoms with Gasteiger partial charge in [0.2, 0.25) is 0 Å². The van der Waals surface area contributed by atoms with Gasteiger partial charge < -0.3 is 10.6 Å². The van der Waals surface area contributed by atoms with Crippen LogP contribution in [0, 0.1) is 6.92 Å². The second-order valence-corrected chi connectivity index (χ2v) is 8.22. The third-order valence-corrected chi connectivity index (χ3v) is 6.11. The average Bonchev–Trinajstić information content (AvgIpc) is 3.12. The molecule has 1 aromatic heterocycles. The first kappa shape index (κ1) is 20.1. The summed E-state index contributed by atoms with van der Waals surface area (Å²) in [6.45, 7) is 4.41. The summed E-state index contributed by atoms with van der Waals surface area (Å²) in [5, 5.41) is 7.63. The lowest BCUT2D eigenvalue weighted by Gasteiger charge is -2.08. The van der Waals surface area contributed by atoms with E-state index in [-0.39, 0.29) is 11.8 Å². The summed E-state index contributed by atoms with van der Waals surface area (Å²) in [6.07, 6.45) is 0. The topological polar surface area (TPSA) is 71.1 Å². The number of anilines is 1. The number of hydrogen-bond donors (Lipinski definition) is 2. The lowest BCUT2D eigenvalue weighted by atomic mass is 10.1. The Hall–Kier alpha value is -2.64. The summed E-state index contributed by atoms with van der Waals surface area (Å²) in [7, 11) is 0. The lowest BCUT2D eigenvalue weighted by Crippen LogP contribution is -2.22. The number of amides is 2. The first-order chi connectivity index (χ1) is 13.5. The van der Waals surface area contributed by atoms with E-state index in [4.69, 9.17) is 0 Å². The number of carbonyl (C=O) groups is 2. The number of thiazole rings is 1. The first-order valence-electron chi connectivity index (χ1n) is 8.88. The molecule has 3 rings (SSSR count). The van der Waals surface area contributed by atoms with Crippen molar-refractivity contribution in [2.24, 2.45) is 0 Å². The van der Waals surface area contributed by atoms with Gasteiger partial charge in [0.25, 0.3) is 11.8 Å². The number of thioether (sulfide) groups is 1. The quantitative estimate of drug-likeness (QED) is 0.551. The van der Waals surface area contributed by atoms with E-state index in [0.29, 0.717) is 23.4 Å². The van der Waals surface area contributed by atoms with E-state index in [0.717, 1.165) is 21.3 Å². The van der Waals surface area contributed by atoms with E-state index < -0.39 is 0 Å². The molecule has 2 N–H and O–H groups in total. The van der Waals surface area contributed by atoms with Gasteiger partial charge in [-0.15, -0.1) is 11.3 Å². The zero-order chi connectivity index (χ0) is 19.9. The van der Waals surface area contributed by atoms with Gasteiger partial charge in [-0.3, -0.25) is 9.59 Å². The minimum absolute atomic E-state index is 0.157. The Kier molecular flexibility index (Phi) is 6.84. The Morgan fingerprint density at radius 2 is 1.86 bits per heavy atom. The van der Waals surface area contributed by atoms with Gasteiger partial charge in [-0.05, 0) is 49.7 Å². The number of aryl methyl sites for hydroxylation is 1. The summed E-state index contributed by atoms with van der Waals surface area (Å²) >= 11 is 3.33. The molecule has 0 fully saturated rings. The summed E-state index contributed by atoms with van der Waals surface area (Å²) in [5.41, 5.74) is 3.85. The summed E-state index contributed by atoms with van der Waals surface area (Å²) in [5.74, 6) is 0.447. The monoisotopic (exact) mass is 411 g/mol. The van der Waals surface area contributed by atoms with Crippen LogP contribution in [0.3, 0.4) is 0 Å². The number of hydrogen-bond acceptors (Lipinski definition) is 5. The van der Waals surface area contributed by atoms with Gasteiger partial charge in [0.15, 0.2) is 0 Å². The normalized spacial score (nSPS) is 10.5. The maximum atomic E-state index is 12.5. The zero-order valence-electron chi connectivity index (χ0n) is 15.7. The highest BCUT2D eigenvalue weighted by molar-refractivity contribution is 8.00. The molecule has 0 saturated carbocycles. The van der Waals surface area contributed by atoms with E-state index >= 15 is 0 Å². The Labute approximate surface area is 172 Å². The highest BCUT2D eigenvalue weighted by atomic mass is 32.2. The van der Waals surface area contributed by atoms with Crippen molar-refractivity contribution in [1.29, 1.82) is 0 Å². The molecule has 2 amide bonds. The molecule has 0 radical (unpaired) electrons. The van der Waals surface area contributed by atoms with E-state index in [1.165, 1.54) is 0 Å². The fraction of sp³-hybridized carbons (Fsp3) is 0.190. The number of benzene rings is 2. The van der Waals surface area contributed by atoms with Crippen molar-refractivity contribution in [3.8, 4) is 0 Å². The minimum atomic E-state index is -0.206. The minimum Gasteiger partial charge on any atom is -0.352 e. The second-order valence-electron chi connectivity index (χ2n) is 6.13. The van der Waals surface area contributed by atoms with Crippen molar-refractivity contribution in [2.75, 3.05) is 11.9 Å². The fourth-order valence-electron chi connectivity index (χ4n) is 2.50. The summed E-state index contributed by atoms with van der Waals surface area (Å²) in [6, 6.07) is 14.4. The smallest absolute Gasteiger partial charge is 0.255 e. The first-order valence-corrected chi connectivity index (χ1v) is 10.7. The Morgan fingerprint density at radius 3 is 2.54 bits per heavy atom. The van der Waals surface area contributed by atoms with Crippen molar-refractivity contribution in [1.82, 2.24) is 10.3 Å². The Morgan fingerprint density at radius 1 is 1.07 bits per heavy atom. The molecule has 1 heterocycles. The Balaban J connectivity index is 1.60. The van der Waals surface area contributed by atoms with Crippen LogP contribution in [-0.4, -0.2) is 23.3 Å². The maximum Gasteiger partial charge on any atom is 0.255 e. The molecule has 5 nitrogen and oxygen atoms in total. The third-order valence-electron chi connectivity index (χ3n) is 3.90. The largest absolute Gasteiger partial charge is 0.352 e. The summed E-state index contributed by atoms with van der Waals surface area (Å²) in [4.78, 5) is 28.9. The summed E-state index contributed by atoms with van der Waals surface area (Å²) < 4.78 is 1.05. The van der Waals surface area contributed by atoms with Gasteiger partial charge in [-0.25, -0.2) is 4.98 Å². The van der Waals surface area contributed by atoms with Crippen LogP contribution >= 0.6 is 23.1 Å². The van der Waals surface area contributed by atoms with Gasteiger partial charge in [0.1, 0.15) is 4.34 Å². The molecule has 0 aliphatic heterocycles. The molecule has 0 aliphatic carbocycles. The van der Waals surface area contributed by atoms with E-state index in [2.05, 4.69) is 15.6 Å². The van der Waals surface area contributed by atoms with Gasteiger partial charge in [0, 0.05) is 40.2 Å². The molecule has 144 valence electrons. The molecular formula is C21H21N3O2S2. The van der Waals surface area contributed by atoms with Gasteiger partial charge in [-0.1, -0.05) is 30.0 Å². The molecule has 3 aromatic rings. The fourth-order valence-corrected chi connectivity index (χ4v) is 4.31. The second kappa shape index (κ2) is 9.52. The van der Waals surface area contributed by atoms with Gasteiger partial charge >= 0.3 is 0 Å². The van der Waals surface area contributed by atoms with E-state index in [1.54, 1.807) is 47.4 Å². The molecule has 0 atom stereocenters. The number of rotatable bonds is 7. The number of nitrogens with zero attached hydrogens (tertiary/aromatic N) is 1. The number of aromatic nitrogens is 1. The van der Waals surface area contributed by atoms with Crippen molar-refractivity contribution in [2.45, 2.75) is 23.9 Å². The molecule has 0 spiro atoms. The molecule has 0 bridgehead atoms. The van der Waals surface area contributed by atoms with Crippen LogP contribution in [0.4, 0.5) is 5.69 Å². The lowest BCUT2D eigenvalue weighted by molar-refractivity contribution is 0.0954. The van der Waals surface area contributed by atoms with Crippen LogP contribution in [-0.2, 0) is 5.75 Å². The van der Waals surface area contributed by atoms with Crippen LogP contribution in [0.1, 0.15) is 38.9 Å². The van der Waals surface area contributed by atoms with E-state index in [9.17, 15) is 9.59 Å². The third kappa shape index (κ3) is 5.43. The predicted octanol–water partition coefficient (Wildman–Crippen LogP) is 4.75. The SMILES string of the molecule is CCNC(=O)c1cccc(NC(=O)c2ccc(CSc3nc(C)cs3)cc2)c1. The van der Waals surface area contributed by atoms with Crippen LogP contribution in [0.2, 0.25) is 0 Å². The van der Waals surface area contributed by atoms with Crippen molar-refractivity contribution in [3.05, 3.63) is 76.3 Å². The van der Waals surface area contributed by atoms with Crippen molar-refractivity contribution in [3.63, 3.8) is 0 Å². The van der Waals surface area contributed by atoms with Crippen LogP contribution in [0.25, 0.3) is 0 Å². The van der Waals surface area contributed by atoms with E-state index in [1.807, 2.05) is 43.5 Å². The molecule has 7 heteroatoms. The molecule has 0 unspecified atom stereocenters. The highest BCUT2D eigenvalue weighted by Crippen LogP contribution is 2.26. The average molecular weight is 412 g/mol. The van der Waals surface area contributed by atoms with Crippen LogP contribution < -0.4 is 10.6 Å². The van der Waals surface area contributed by atoms with Crippen LogP contribution in [0.5, 0.6) is 0 Å². The molecule has 0 saturated heterocycles. The molecule has 28 heavy (non-hydrogen) atoms. The Bertz CT molecular complexity index is 968.